The molecule has 0 aliphatic rings. The Kier molecular flexibility index (Phi) is 9.82. The first-order chi connectivity index (χ1) is 38.7. The molecule has 0 spiro atoms. The van der Waals surface area contributed by atoms with Crippen LogP contribution in [-0.2, 0) is 0 Å². The van der Waals surface area contributed by atoms with Crippen molar-refractivity contribution >= 4 is 154 Å². The van der Waals surface area contributed by atoms with E-state index in [4.69, 9.17) is 17.7 Å². The third-order valence-electron chi connectivity index (χ3n) is 16.9. The molecule has 4 heterocycles. The first kappa shape index (κ1) is 45.7. The predicted octanol–water partition coefficient (Wildman–Crippen LogP) is 22.5. The number of anilines is 6. The third kappa shape index (κ3) is 6.52. The highest BCUT2D eigenvalue weighted by Crippen LogP contribution is 2.55. The predicted molar refractivity (Wildman–Crippen MR) is 331 cm³/mol. The van der Waals surface area contributed by atoms with Crippen LogP contribution in [0.3, 0.4) is 0 Å². The lowest BCUT2D eigenvalue weighted by atomic mass is 9.84. The van der Waals surface area contributed by atoms with Crippen molar-refractivity contribution in [3.05, 3.63) is 217 Å². The van der Waals surface area contributed by atoms with Gasteiger partial charge in [0, 0.05) is 53.9 Å². The lowest BCUT2D eigenvalue weighted by molar-refractivity contribution is 0.665. The Hall–Kier alpha value is -9.52. The molecule has 0 aliphatic heterocycles. The van der Waals surface area contributed by atoms with E-state index in [2.05, 4.69) is 239 Å². The summed E-state index contributed by atoms with van der Waals surface area (Å²) in [7, 11) is 0. The van der Waals surface area contributed by atoms with Crippen molar-refractivity contribution in [3.8, 4) is 0 Å². The number of hydrogen-bond donors (Lipinski definition) is 0. The summed E-state index contributed by atoms with van der Waals surface area (Å²) < 4.78 is 28.1. The molecule has 16 aromatic rings. The van der Waals surface area contributed by atoms with Crippen molar-refractivity contribution in [2.45, 2.75) is 59.3 Å². The molecule has 0 unspecified atom stereocenters. The summed E-state index contributed by atoms with van der Waals surface area (Å²) in [5.41, 5.74) is 16.3. The molecule has 380 valence electrons. The highest BCUT2D eigenvalue weighted by atomic mass is 16.3. The van der Waals surface area contributed by atoms with Gasteiger partial charge < -0.3 is 27.5 Å². The number of rotatable bonds is 9. The van der Waals surface area contributed by atoms with Crippen molar-refractivity contribution in [2.24, 2.45) is 0 Å². The third-order valence-corrected chi connectivity index (χ3v) is 16.9. The zero-order chi connectivity index (χ0) is 52.9. The van der Waals surface area contributed by atoms with Crippen molar-refractivity contribution < 1.29 is 17.7 Å². The van der Waals surface area contributed by atoms with Crippen molar-refractivity contribution in [2.75, 3.05) is 9.80 Å². The van der Waals surface area contributed by atoms with Gasteiger partial charge in [-0.25, -0.2) is 0 Å². The fraction of sp³-hybridized carbons (Fsp3) is 0.123. The number of para-hydroxylation sites is 7. The van der Waals surface area contributed by atoms with Gasteiger partial charge in [-0.2, -0.15) is 0 Å². The van der Waals surface area contributed by atoms with E-state index in [-0.39, 0.29) is 17.8 Å². The van der Waals surface area contributed by atoms with Gasteiger partial charge >= 0.3 is 0 Å². The lowest BCUT2D eigenvalue weighted by Crippen LogP contribution is -2.14. The van der Waals surface area contributed by atoms with E-state index < -0.39 is 0 Å². The molecular weight excluding hydrogens is 969 g/mol. The maximum absolute atomic E-state index is 7.15. The van der Waals surface area contributed by atoms with Crippen molar-refractivity contribution in [1.29, 1.82) is 0 Å². The van der Waals surface area contributed by atoms with E-state index >= 15 is 0 Å². The van der Waals surface area contributed by atoms with Crippen LogP contribution >= 0.6 is 0 Å². The zero-order valence-corrected chi connectivity index (χ0v) is 44.8. The highest BCUT2D eigenvalue weighted by molar-refractivity contribution is 6.31. The Labute approximate surface area is 455 Å². The van der Waals surface area contributed by atoms with Crippen LogP contribution in [0.2, 0.25) is 0 Å². The van der Waals surface area contributed by atoms with E-state index in [0.29, 0.717) is 0 Å². The van der Waals surface area contributed by atoms with Gasteiger partial charge in [0.05, 0.1) is 34.1 Å². The lowest BCUT2D eigenvalue weighted by Gasteiger charge is -2.31. The van der Waals surface area contributed by atoms with Crippen LogP contribution < -0.4 is 9.80 Å². The fourth-order valence-corrected chi connectivity index (χ4v) is 13.3. The quantitative estimate of drug-likeness (QED) is 0.134. The number of hydrogen-bond acceptors (Lipinski definition) is 6. The summed E-state index contributed by atoms with van der Waals surface area (Å²) in [6, 6.07) is 72.2. The minimum absolute atomic E-state index is 0.165. The van der Waals surface area contributed by atoms with E-state index in [1.54, 1.807) is 0 Å². The van der Waals surface area contributed by atoms with Crippen molar-refractivity contribution in [1.82, 2.24) is 0 Å². The van der Waals surface area contributed by atoms with Crippen molar-refractivity contribution in [3.63, 3.8) is 0 Å². The number of nitrogens with zero attached hydrogens (tertiary/aromatic N) is 2. The van der Waals surface area contributed by atoms with Gasteiger partial charge in [-0.05, 0) is 117 Å². The SMILES string of the molecule is CC(C)c1cc(N(c2cccc3c2oc2ccccc23)c2cccc3c2oc2ccccc23)c2ccc3c(C(C)C)cc(N(c4cccc5c4oc4ccccc45)c4ccc(C(C)C)c5c4oc4ccccc45)c4ccc1c2c34. The van der Waals surface area contributed by atoms with Crippen LogP contribution in [0.15, 0.2) is 218 Å². The molecule has 12 aromatic carbocycles. The maximum Gasteiger partial charge on any atom is 0.159 e. The minimum atomic E-state index is 0.165. The zero-order valence-electron chi connectivity index (χ0n) is 44.8. The Bertz CT molecular complexity index is 5040. The van der Waals surface area contributed by atoms with Gasteiger partial charge in [-0.3, -0.25) is 0 Å². The van der Waals surface area contributed by atoms with Gasteiger partial charge in [-0.15, -0.1) is 0 Å². The molecule has 0 fully saturated rings. The maximum atomic E-state index is 7.15. The number of furan rings is 4. The fourth-order valence-electron chi connectivity index (χ4n) is 13.3. The van der Waals surface area contributed by atoms with Gasteiger partial charge in [0.2, 0.25) is 0 Å². The summed E-state index contributed by atoms with van der Waals surface area (Å²) in [6.07, 6.45) is 0. The topological polar surface area (TPSA) is 59.0 Å². The number of fused-ring (bicyclic) bond motifs is 12. The monoisotopic (exact) mass is 1020 g/mol. The summed E-state index contributed by atoms with van der Waals surface area (Å²) in [4.78, 5) is 4.86. The smallest absolute Gasteiger partial charge is 0.159 e. The molecule has 6 heteroatoms. The minimum Gasteiger partial charge on any atom is -0.454 e. The van der Waals surface area contributed by atoms with Crippen LogP contribution in [0.1, 0.15) is 76.0 Å². The molecule has 0 saturated carbocycles. The Balaban J connectivity index is 1.06. The van der Waals surface area contributed by atoms with Gasteiger partial charge in [-0.1, -0.05) is 181 Å². The molecule has 6 nitrogen and oxygen atoms in total. The molecule has 0 bridgehead atoms. The Morgan fingerprint density at radius 3 is 0.975 bits per heavy atom. The summed E-state index contributed by atoms with van der Waals surface area (Å²) in [5.74, 6) is 0.591. The average molecular weight is 1020 g/mol. The highest BCUT2D eigenvalue weighted by Gasteiger charge is 2.31. The van der Waals surface area contributed by atoms with Gasteiger partial charge in [0.15, 0.2) is 22.3 Å². The van der Waals surface area contributed by atoms with Crippen LogP contribution in [0, 0.1) is 0 Å². The first-order valence-corrected chi connectivity index (χ1v) is 27.7. The van der Waals surface area contributed by atoms with Gasteiger partial charge in [0.1, 0.15) is 22.3 Å². The van der Waals surface area contributed by atoms with Crippen LogP contribution in [0.25, 0.3) is 120 Å². The standard InChI is InChI=1S/C73H54N2O4/c1-40(2)43-36-37-60(73-69(43)54-21-10-14-31-66(54)79-73)75(59-27-17-24-51-46-20-9-13-30-65(46)78-72(51)59)62-39-56(42(5)6)48-32-34-52-61(38-55(41(3)4)47-33-35-53(62)68(48)67(47)52)74(57-25-15-22-49-44-18-7-11-28-63(44)76-70(49)57)58-26-16-23-50-45-19-8-12-29-64(45)77-71(50)58/h7-42H,1-6H3. The second-order valence-electron chi connectivity index (χ2n) is 22.4. The number of benzene rings is 12. The van der Waals surface area contributed by atoms with E-state index in [0.717, 1.165) is 133 Å². The summed E-state index contributed by atoms with van der Waals surface area (Å²) in [5, 5.41) is 15.8. The molecular formula is C73H54N2O4. The Morgan fingerprint density at radius 2 is 0.570 bits per heavy atom. The van der Waals surface area contributed by atoms with Gasteiger partial charge in [0.25, 0.3) is 0 Å². The molecule has 0 N–H and O–H groups in total. The second kappa shape index (κ2) is 17.0. The summed E-state index contributed by atoms with van der Waals surface area (Å²) >= 11 is 0. The first-order valence-electron chi connectivity index (χ1n) is 27.7. The molecule has 0 saturated heterocycles. The normalized spacial score (nSPS) is 12.5. The van der Waals surface area contributed by atoms with Crippen LogP contribution in [0.5, 0.6) is 0 Å². The van der Waals surface area contributed by atoms with Crippen LogP contribution in [-0.4, -0.2) is 0 Å². The molecule has 0 aliphatic carbocycles. The Morgan fingerprint density at radius 1 is 0.241 bits per heavy atom. The molecule has 4 aromatic heterocycles. The molecule has 0 radical (unpaired) electrons. The molecule has 16 rings (SSSR count). The molecule has 0 amide bonds. The average Bonchev–Trinajstić information content (AvgIpc) is 4.43. The van der Waals surface area contributed by atoms with E-state index in [1.807, 2.05) is 12.1 Å². The van der Waals surface area contributed by atoms with E-state index in [9.17, 15) is 0 Å². The van der Waals surface area contributed by atoms with Crippen LogP contribution in [0.4, 0.5) is 34.1 Å². The molecule has 79 heavy (non-hydrogen) atoms. The largest absolute Gasteiger partial charge is 0.454 e. The summed E-state index contributed by atoms with van der Waals surface area (Å²) in [6.45, 7) is 13.8. The molecule has 0 atom stereocenters. The van der Waals surface area contributed by atoms with E-state index in [1.165, 1.54) is 38.2 Å². The second-order valence-corrected chi connectivity index (χ2v) is 22.4.